The molecule has 0 aromatic carbocycles. The van der Waals surface area contributed by atoms with Crippen LogP contribution in [0.1, 0.15) is 30.8 Å². The number of thioether (sulfide) groups is 1. The third-order valence-corrected chi connectivity index (χ3v) is 3.58. The molecule has 0 spiro atoms. The first-order chi connectivity index (χ1) is 8.54. The molecule has 1 atom stereocenters. The van der Waals surface area contributed by atoms with Crippen LogP contribution in [0.4, 0.5) is 5.82 Å². The van der Waals surface area contributed by atoms with Gasteiger partial charge < -0.3 is 10.4 Å². The number of hydrogen-bond donors (Lipinski definition) is 2. The molecule has 0 fully saturated rings. The van der Waals surface area contributed by atoms with Crippen molar-refractivity contribution >= 4 is 35.1 Å². The maximum atomic E-state index is 10.9. The van der Waals surface area contributed by atoms with E-state index in [4.69, 9.17) is 16.7 Å². The zero-order chi connectivity index (χ0) is 13.5. The number of aromatic nitrogens is 1. The van der Waals surface area contributed by atoms with Crippen LogP contribution in [-0.2, 0) is 0 Å². The minimum atomic E-state index is -1.11. The normalized spacial score (nSPS) is 12.2. The highest BCUT2D eigenvalue weighted by atomic mass is 35.5. The Morgan fingerprint density at radius 2 is 2.33 bits per heavy atom. The standard InChI is InChI=1S/C12H17ClN2O2S/c1-3-18-7-6-8(2)14-10-5-4-9(13)11(15-10)12(16)17/h4-5,8H,3,6-7H2,1-2H3,(H,14,15)(H,16,17). The zero-order valence-corrected chi connectivity index (χ0v) is 12.0. The van der Waals surface area contributed by atoms with Gasteiger partial charge in [0, 0.05) is 6.04 Å². The number of carboxylic acid groups (broad SMARTS) is 1. The van der Waals surface area contributed by atoms with Crippen LogP contribution in [-0.4, -0.2) is 33.6 Å². The van der Waals surface area contributed by atoms with Crippen LogP contribution < -0.4 is 5.32 Å². The summed E-state index contributed by atoms with van der Waals surface area (Å²) in [6.07, 6.45) is 1.01. The maximum Gasteiger partial charge on any atom is 0.356 e. The summed E-state index contributed by atoms with van der Waals surface area (Å²) in [7, 11) is 0. The minimum Gasteiger partial charge on any atom is -0.476 e. The van der Waals surface area contributed by atoms with Crippen molar-refractivity contribution in [2.75, 3.05) is 16.8 Å². The predicted molar refractivity (Wildman–Crippen MR) is 76.9 cm³/mol. The van der Waals surface area contributed by atoms with Crippen molar-refractivity contribution in [2.24, 2.45) is 0 Å². The van der Waals surface area contributed by atoms with E-state index in [-0.39, 0.29) is 16.8 Å². The Labute approximate surface area is 116 Å². The number of pyridine rings is 1. The fraction of sp³-hybridized carbons (Fsp3) is 0.500. The van der Waals surface area contributed by atoms with Crippen LogP contribution in [0.5, 0.6) is 0 Å². The summed E-state index contributed by atoms with van der Waals surface area (Å²) in [6, 6.07) is 3.49. The SMILES string of the molecule is CCSCCC(C)Nc1ccc(Cl)c(C(=O)O)n1. The van der Waals surface area contributed by atoms with Gasteiger partial charge in [-0.3, -0.25) is 0 Å². The lowest BCUT2D eigenvalue weighted by Crippen LogP contribution is -2.17. The third kappa shape index (κ3) is 4.74. The van der Waals surface area contributed by atoms with Gasteiger partial charge in [-0.1, -0.05) is 18.5 Å². The van der Waals surface area contributed by atoms with Crippen LogP contribution in [0.2, 0.25) is 5.02 Å². The molecule has 1 aromatic rings. The minimum absolute atomic E-state index is 0.114. The largest absolute Gasteiger partial charge is 0.476 e. The molecule has 0 saturated heterocycles. The van der Waals surface area contributed by atoms with Gasteiger partial charge in [-0.2, -0.15) is 11.8 Å². The molecular formula is C12H17ClN2O2S. The van der Waals surface area contributed by atoms with Crippen molar-refractivity contribution in [1.82, 2.24) is 4.98 Å². The quantitative estimate of drug-likeness (QED) is 0.753. The number of aromatic carboxylic acids is 1. The number of carbonyl (C=O) groups is 1. The summed E-state index contributed by atoms with van der Waals surface area (Å²) in [5.41, 5.74) is -0.114. The van der Waals surface area contributed by atoms with Crippen LogP contribution in [0.25, 0.3) is 0 Å². The molecule has 0 aliphatic rings. The molecule has 1 unspecified atom stereocenters. The fourth-order valence-electron chi connectivity index (χ4n) is 1.40. The van der Waals surface area contributed by atoms with E-state index in [0.717, 1.165) is 17.9 Å². The Bertz CT molecular complexity index is 415. The van der Waals surface area contributed by atoms with Crippen molar-refractivity contribution in [1.29, 1.82) is 0 Å². The van der Waals surface area contributed by atoms with Gasteiger partial charge in [-0.15, -0.1) is 0 Å². The first-order valence-corrected chi connectivity index (χ1v) is 7.32. The summed E-state index contributed by atoms with van der Waals surface area (Å²) in [4.78, 5) is 14.9. The summed E-state index contributed by atoms with van der Waals surface area (Å²) in [6.45, 7) is 4.18. The predicted octanol–water partition coefficient (Wildman–Crippen LogP) is 3.38. The lowest BCUT2D eigenvalue weighted by Gasteiger charge is -2.14. The molecule has 1 rings (SSSR count). The highest BCUT2D eigenvalue weighted by Crippen LogP contribution is 2.17. The summed E-state index contributed by atoms with van der Waals surface area (Å²) < 4.78 is 0. The van der Waals surface area contributed by atoms with E-state index in [0.29, 0.717) is 5.82 Å². The van der Waals surface area contributed by atoms with E-state index in [1.807, 2.05) is 18.7 Å². The molecular weight excluding hydrogens is 272 g/mol. The van der Waals surface area contributed by atoms with Gasteiger partial charge in [0.2, 0.25) is 0 Å². The van der Waals surface area contributed by atoms with Crippen molar-refractivity contribution in [3.63, 3.8) is 0 Å². The maximum absolute atomic E-state index is 10.9. The Morgan fingerprint density at radius 1 is 1.61 bits per heavy atom. The Hall–Kier alpha value is -0.940. The molecule has 18 heavy (non-hydrogen) atoms. The van der Waals surface area contributed by atoms with Gasteiger partial charge in [-0.05, 0) is 37.0 Å². The molecule has 1 heterocycles. The average molecular weight is 289 g/mol. The second-order valence-electron chi connectivity index (χ2n) is 3.86. The number of anilines is 1. The number of rotatable bonds is 7. The zero-order valence-electron chi connectivity index (χ0n) is 10.4. The molecule has 0 radical (unpaired) electrons. The van der Waals surface area contributed by atoms with E-state index in [1.54, 1.807) is 12.1 Å². The second kappa shape index (κ2) is 7.48. The van der Waals surface area contributed by atoms with E-state index < -0.39 is 5.97 Å². The van der Waals surface area contributed by atoms with Crippen LogP contribution in [0.15, 0.2) is 12.1 Å². The molecule has 0 aliphatic heterocycles. The molecule has 100 valence electrons. The molecule has 6 heteroatoms. The van der Waals surface area contributed by atoms with E-state index in [9.17, 15) is 4.79 Å². The molecule has 1 aromatic heterocycles. The molecule has 2 N–H and O–H groups in total. The van der Waals surface area contributed by atoms with Gasteiger partial charge in [0.25, 0.3) is 0 Å². The van der Waals surface area contributed by atoms with Crippen molar-refractivity contribution in [3.05, 3.63) is 22.8 Å². The summed E-state index contributed by atoms with van der Waals surface area (Å²) in [5, 5.41) is 12.3. The topological polar surface area (TPSA) is 62.2 Å². The number of carboxylic acids is 1. The number of nitrogens with zero attached hydrogens (tertiary/aromatic N) is 1. The Kier molecular flexibility index (Phi) is 6.29. The Morgan fingerprint density at radius 3 is 2.94 bits per heavy atom. The molecule has 4 nitrogen and oxygen atoms in total. The summed E-state index contributed by atoms with van der Waals surface area (Å²) >= 11 is 7.64. The van der Waals surface area contributed by atoms with E-state index in [1.165, 1.54) is 0 Å². The van der Waals surface area contributed by atoms with Gasteiger partial charge in [0.15, 0.2) is 5.69 Å². The van der Waals surface area contributed by atoms with Gasteiger partial charge in [0.1, 0.15) is 5.82 Å². The number of nitrogens with one attached hydrogen (secondary N) is 1. The van der Waals surface area contributed by atoms with Crippen molar-refractivity contribution < 1.29 is 9.90 Å². The number of halogens is 1. The lowest BCUT2D eigenvalue weighted by atomic mass is 10.2. The van der Waals surface area contributed by atoms with E-state index >= 15 is 0 Å². The van der Waals surface area contributed by atoms with Gasteiger partial charge >= 0.3 is 5.97 Å². The monoisotopic (exact) mass is 288 g/mol. The molecule has 0 amide bonds. The second-order valence-corrected chi connectivity index (χ2v) is 5.66. The van der Waals surface area contributed by atoms with Crippen LogP contribution in [0, 0.1) is 0 Å². The summed E-state index contributed by atoms with van der Waals surface area (Å²) in [5.74, 6) is 1.61. The van der Waals surface area contributed by atoms with Crippen molar-refractivity contribution in [2.45, 2.75) is 26.3 Å². The Balaban J connectivity index is 2.62. The average Bonchev–Trinajstić information content (AvgIpc) is 2.31. The first kappa shape index (κ1) is 15.1. The molecule has 0 aliphatic carbocycles. The smallest absolute Gasteiger partial charge is 0.356 e. The van der Waals surface area contributed by atoms with Crippen LogP contribution >= 0.6 is 23.4 Å². The highest BCUT2D eigenvalue weighted by molar-refractivity contribution is 7.99. The van der Waals surface area contributed by atoms with E-state index in [2.05, 4.69) is 17.2 Å². The van der Waals surface area contributed by atoms with Crippen LogP contribution in [0.3, 0.4) is 0 Å². The highest BCUT2D eigenvalue weighted by Gasteiger charge is 2.12. The van der Waals surface area contributed by atoms with Gasteiger partial charge in [-0.25, -0.2) is 9.78 Å². The fourth-order valence-corrected chi connectivity index (χ4v) is 2.40. The number of hydrogen-bond acceptors (Lipinski definition) is 4. The molecule has 0 saturated carbocycles. The lowest BCUT2D eigenvalue weighted by molar-refractivity contribution is 0.0691. The first-order valence-electron chi connectivity index (χ1n) is 5.78. The van der Waals surface area contributed by atoms with Gasteiger partial charge in [0.05, 0.1) is 5.02 Å². The molecule has 0 bridgehead atoms. The third-order valence-electron chi connectivity index (χ3n) is 2.34. The van der Waals surface area contributed by atoms with Crippen molar-refractivity contribution in [3.8, 4) is 0 Å².